The van der Waals surface area contributed by atoms with Crippen LogP contribution in [0.5, 0.6) is 11.5 Å². The summed E-state index contributed by atoms with van der Waals surface area (Å²) in [5.74, 6) is 1.69. The summed E-state index contributed by atoms with van der Waals surface area (Å²) in [5, 5.41) is 5.81. The summed E-state index contributed by atoms with van der Waals surface area (Å²) in [5.41, 5.74) is 2.14. The van der Waals surface area contributed by atoms with Crippen LogP contribution >= 0.6 is 9.24 Å². The summed E-state index contributed by atoms with van der Waals surface area (Å²) in [6.07, 6.45) is 0. The van der Waals surface area contributed by atoms with Gasteiger partial charge in [-0.25, -0.2) is 0 Å². The van der Waals surface area contributed by atoms with Gasteiger partial charge in [-0.2, -0.15) is 0 Å². The lowest BCUT2D eigenvalue weighted by atomic mass is 9.92. The van der Waals surface area contributed by atoms with Crippen LogP contribution in [-0.2, 0) is 0 Å². The van der Waals surface area contributed by atoms with Crippen molar-refractivity contribution in [3.63, 3.8) is 0 Å². The van der Waals surface area contributed by atoms with Gasteiger partial charge in [0, 0.05) is 11.1 Å². The van der Waals surface area contributed by atoms with Crippen LogP contribution in [0, 0.1) is 0 Å². The van der Waals surface area contributed by atoms with E-state index in [0.717, 1.165) is 38.7 Å². The predicted molar refractivity (Wildman–Crippen MR) is 109 cm³/mol. The zero-order chi connectivity index (χ0) is 17.4. The Balaban J connectivity index is 2.21. The number of benzene rings is 4. The second-order valence-electron chi connectivity index (χ2n) is 5.99. The Kier molecular flexibility index (Phi) is 4.07. The molecule has 4 rings (SSSR count). The van der Waals surface area contributed by atoms with E-state index in [4.69, 9.17) is 9.47 Å². The molecule has 0 saturated heterocycles. The number of methoxy groups -OCH3 is 2. The molecule has 0 saturated carbocycles. The van der Waals surface area contributed by atoms with Gasteiger partial charge in [0.05, 0.1) is 14.2 Å². The largest absolute Gasteiger partial charge is 0.496 e. The first-order valence-electron chi connectivity index (χ1n) is 8.15. The first kappa shape index (κ1) is 15.9. The first-order valence-corrected chi connectivity index (χ1v) is 8.73. The average Bonchev–Trinajstić information content (AvgIpc) is 2.66. The minimum Gasteiger partial charge on any atom is -0.496 e. The molecule has 0 heterocycles. The van der Waals surface area contributed by atoms with Crippen LogP contribution < -0.4 is 14.8 Å². The maximum Gasteiger partial charge on any atom is 0.127 e. The monoisotopic (exact) mass is 346 g/mol. The number of rotatable bonds is 3. The van der Waals surface area contributed by atoms with Gasteiger partial charge in [0.1, 0.15) is 11.5 Å². The highest BCUT2D eigenvalue weighted by molar-refractivity contribution is 7.27. The summed E-state index contributed by atoms with van der Waals surface area (Å²) < 4.78 is 11.5. The van der Waals surface area contributed by atoms with Gasteiger partial charge in [-0.05, 0) is 45.0 Å². The Bertz CT molecular complexity index is 1090. The number of hydrogen-bond acceptors (Lipinski definition) is 2. The maximum absolute atomic E-state index is 5.73. The molecule has 0 bridgehead atoms. The van der Waals surface area contributed by atoms with Crippen LogP contribution in [0.1, 0.15) is 0 Å². The molecule has 4 aromatic rings. The van der Waals surface area contributed by atoms with E-state index < -0.39 is 0 Å². The van der Waals surface area contributed by atoms with Gasteiger partial charge < -0.3 is 9.47 Å². The van der Waals surface area contributed by atoms with Gasteiger partial charge in [-0.15, -0.1) is 9.24 Å². The molecule has 124 valence electrons. The Morgan fingerprint density at radius 2 is 1.20 bits per heavy atom. The highest BCUT2D eigenvalue weighted by atomic mass is 31.0. The van der Waals surface area contributed by atoms with E-state index in [9.17, 15) is 0 Å². The molecule has 0 amide bonds. The van der Waals surface area contributed by atoms with Crippen molar-refractivity contribution in [1.29, 1.82) is 0 Å². The zero-order valence-electron chi connectivity index (χ0n) is 14.2. The number of fused-ring (bicyclic) bond motifs is 2. The molecular weight excluding hydrogens is 327 g/mol. The minimum absolute atomic E-state index is 0.845. The Morgan fingerprint density at radius 3 is 1.88 bits per heavy atom. The van der Waals surface area contributed by atoms with Gasteiger partial charge in [0.2, 0.25) is 0 Å². The third-order valence-electron chi connectivity index (χ3n) is 4.59. The number of ether oxygens (including phenoxy) is 2. The molecule has 0 N–H and O–H groups in total. The molecule has 0 aliphatic carbocycles. The van der Waals surface area contributed by atoms with E-state index in [1.54, 1.807) is 14.2 Å². The highest BCUT2D eigenvalue weighted by Gasteiger charge is 2.18. The topological polar surface area (TPSA) is 18.5 Å². The van der Waals surface area contributed by atoms with Crippen LogP contribution in [0.4, 0.5) is 0 Å². The van der Waals surface area contributed by atoms with Crippen molar-refractivity contribution in [1.82, 2.24) is 0 Å². The molecular formula is C22H19O2P. The molecule has 0 aliphatic heterocycles. The van der Waals surface area contributed by atoms with Gasteiger partial charge in [-0.3, -0.25) is 0 Å². The molecule has 0 aliphatic rings. The maximum atomic E-state index is 5.73. The second kappa shape index (κ2) is 6.38. The molecule has 2 nitrogen and oxygen atoms in total. The standard InChI is InChI=1S/C22H19O2P/c1-23-19-11-8-14-5-3-4-6-17(14)21(19)22-18-13-16(25)10-7-15(18)9-12-20(22)24-2/h3-13H,25H2,1-2H3. The Morgan fingerprint density at radius 1 is 0.640 bits per heavy atom. The summed E-state index contributed by atoms with van der Waals surface area (Å²) in [6, 6.07) is 23.0. The normalized spacial score (nSPS) is 11.0. The van der Waals surface area contributed by atoms with E-state index in [0.29, 0.717) is 0 Å². The van der Waals surface area contributed by atoms with Crippen molar-refractivity contribution >= 4 is 36.1 Å². The second-order valence-corrected chi connectivity index (χ2v) is 6.65. The third kappa shape index (κ3) is 2.63. The van der Waals surface area contributed by atoms with Gasteiger partial charge >= 0.3 is 0 Å². The number of hydrogen-bond donors (Lipinski definition) is 0. The van der Waals surface area contributed by atoms with Crippen molar-refractivity contribution in [2.24, 2.45) is 0 Å². The minimum atomic E-state index is 0.845. The van der Waals surface area contributed by atoms with E-state index >= 15 is 0 Å². The Labute approximate surface area is 149 Å². The Hall–Kier alpha value is -2.57. The molecule has 4 aromatic carbocycles. The van der Waals surface area contributed by atoms with Gasteiger partial charge in [-0.1, -0.05) is 48.5 Å². The van der Waals surface area contributed by atoms with Crippen molar-refractivity contribution < 1.29 is 9.47 Å². The van der Waals surface area contributed by atoms with Crippen LogP contribution in [0.25, 0.3) is 32.7 Å². The SMILES string of the molecule is COc1ccc2ccccc2c1-c1c(OC)ccc2ccc(P)cc12. The molecule has 25 heavy (non-hydrogen) atoms. The fraction of sp³-hybridized carbons (Fsp3) is 0.0909. The molecule has 0 radical (unpaired) electrons. The third-order valence-corrected chi connectivity index (χ3v) is 4.95. The lowest BCUT2D eigenvalue weighted by Crippen LogP contribution is -1.96. The summed E-state index contributed by atoms with van der Waals surface area (Å²) in [4.78, 5) is 0. The lowest BCUT2D eigenvalue weighted by Gasteiger charge is -2.18. The molecule has 0 aromatic heterocycles. The van der Waals surface area contributed by atoms with Gasteiger partial charge in [0.15, 0.2) is 0 Å². The summed E-state index contributed by atoms with van der Waals surface area (Å²) in [6.45, 7) is 0. The van der Waals surface area contributed by atoms with Crippen molar-refractivity contribution in [2.75, 3.05) is 14.2 Å². The average molecular weight is 346 g/mol. The smallest absolute Gasteiger partial charge is 0.127 e. The van der Waals surface area contributed by atoms with E-state index in [1.165, 1.54) is 10.8 Å². The van der Waals surface area contributed by atoms with Crippen LogP contribution in [-0.4, -0.2) is 14.2 Å². The fourth-order valence-electron chi connectivity index (χ4n) is 3.42. The van der Waals surface area contributed by atoms with Crippen molar-refractivity contribution in [2.45, 2.75) is 0 Å². The van der Waals surface area contributed by atoms with E-state index in [1.807, 2.05) is 12.1 Å². The molecule has 0 fully saturated rings. The molecule has 3 heteroatoms. The molecule has 1 atom stereocenters. The lowest BCUT2D eigenvalue weighted by molar-refractivity contribution is 0.411. The van der Waals surface area contributed by atoms with Crippen molar-refractivity contribution in [3.05, 3.63) is 66.7 Å². The molecule has 0 spiro atoms. The van der Waals surface area contributed by atoms with Crippen molar-refractivity contribution in [3.8, 4) is 22.6 Å². The van der Waals surface area contributed by atoms with Crippen LogP contribution in [0.3, 0.4) is 0 Å². The summed E-state index contributed by atoms with van der Waals surface area (Å²) >= 11 is 0. The van der Waals surface area contributed by atoms with E-state index in [-0.39, 0.29) is 0 Å². The van der Waals surface area contributed by atoms with Crippen LogP contribution in [0.15, 0.2) is 66.7 Å². The first-order chi connectivity index (χ1) is 12.2. The van der Waals surface area contributed by atoms with Crippen LogP contribution in [0.2, 0.25) is 0 Å². The highest BCUT2D eigenvalue weighted by Crippen LogP contribution is 2.45. The zero-order valence-corrected chi connectivity index (χ0v) is 15.4. The summed E-state index contributed by atoms with van der Waals surface area (Å²) in [7, 11) is 6.20. The van der Waals surface area contributed by atoms with E-state index in [2.05, 4.69) is 63.8 Å². The van der Waals surface area contributed by atoms with Gasteiger partial charge in [0.25, 0.3) is 0 Å². The quantitative estimate of drug-likeness (QED) is 0.476. The predicted octanol–water partition coefficient (Wildman–Crippen LogP) is 5.18. The molecule has 1 unspecified atom stereocenters. The fourth-order valence-corrected chi connectivity index (χ4v) is 3.69.